The highest BCUT2D eigenvalue weighted by molar-refractivity contribution is 7.90. The van der Waals surface area contributed by atoms with Crippen LogP contribution in [0, 0.1) is 6.92 Å². The summed E-state index contributed by atoms with van der Waals surface area (Å²) >= 11 is 0. The second-order valence-corrected chi connectivity index (χ2v) is 6.21. The van der Waals surface area contributed by atoms with Crippen molar-refractivity contribution in [2.24, 2.45) is 5.73 Å². The first-order chi connectivity index (χ1) is 7.78. The van der Waals surface area contributed by atoms with Gasteiger partial charge in [-0.25, -0.2) is 8.42 Å². The Hall–Kier alpha value is -1.41. The number of aryl methyl sites for hydroxylation is 1. The van der Waals surface area contributed by atoms with Crippen molar-refractivity contribution in [3.63, 3.8) is 0 Å². The molecule has 0 aliphatic rings. The van der Waals surface area contributed by atoms with Crippen molar-refractivity contribution in [3.8, 4) is 0 Å². The van der Waals surface area contributed by atoms with Crippen molar-refractivity contribution in [2.45, 2.75) is 19.4 Å². The van der Waals surface area contributed by atoms with Crippen LogP contribution in [-0.2, 0) is 14.6 Å². The van der Waals surface area contributed by atoms with E-state index < -0.39 is 21.8 Å². The number of carbonyl (C=O) groups excluding carboxylic acids is 1. The number of nitrogens with two attached hydrogens (primary N) is 1. The van der Waals surface area contributed by atoms with E-state index in [0.717, 1.165) is 11.9 Å². The molecule has 0 fully saturated rings. The standard InChI is InChI=1S/C9H16N4O3S/c1-6-5-8(13-12-6)11-9(14)7(10)3-4-17(2,15)16/h5,7H,3-4,10H2,1-2H3,(H2,11,12,13,14). The van der Waals surface area contributed by atoms with Crippen molar-refractivity contribution >= 4 is 21.6 Å². The van der Waals surface area contributed by atoms with Crippen LogP contribution in [0.3, 0.4) is 0 Å². The topological polar surface area (TPSA) is 118 Å². The van der Waals surface area contributed by atoms with E-state index in [1.807, 2.05) is 0 Å². The minimum absolute atomic E-state index is 0.0913. The molecule has 0 spiro atoms. The summed E-state index contributed by atoms with van der Waals surface area (Å²) < 4.78 is 21.8. The van der Waals surface area contributed by atoms with Crippen molar-refractivity contribution in [3.05, 3.63) is 11.8 Å². The largest absolute Gasteiger partial charge is 0.320 e. The molecule has 1 amide bonds. The average molecular weight is 260 g/mol. The van der Waals surface area contributed by atoms with E-state index in [2.05, 4.69) is 15.5 Å². The summed E-state index contributed by atoms with van der Waals surface area (Å²) in [5.41, 5.74) is 6.37. The average Bonchev–Trinajstić information content (AvgIpc) is 2.59. The Morgan fingerprint density at radius 1 is 1.65 bits per heavy atom. The molecule has 0 aliphatic heterocycles. The summed E-state index contributed by atoms with van der Waals surface area (Å²) in [5.74, 6) is -0.177. The number of carbonyl (C=O) groups is 1. The molecule has 0 saturated carbocycles. The van der Waals surface area contributed by atoms with Gasteiger partial charge in [-0.15, -0.1) is 0 Å². The molecule has 1 aromatic rings. The third-order valence-electron chi connectivity index (χ3n) is 2.09. The van der Waals surface area contributed by atoms with Gasteiger partial charge in [-0.1, -0.05) is 0 Å². The molecule has 1 atom stereocenters. The van der Waals surface area contributed by atoms with Crippen LogP contribution in [-0.4, -0.2) is 42.6 Å². The molecular formula is C9H16N4O3S. The van der Waals surface area contributed by atoms with E-state index in [1.54, 1.807) is 13.0 Å². The lowest BCUT2D eigenvalue weighted by atomic mass is 10.2. The number of nitrogens with one attached hydrogen (secondary N) is 2. The second kappa shape index (κ2) is 5.28. The summed E-state index contributed by atoms with van der Waals surface area (Å²) in [6.07, 6.45) is 1.20. The molecule has 0 bridgehead atoms. The maximum absolute atomic E-state index is 11.6. The third kappa shape index (κ3) is 4.96. The van der Waals surface area contributed by atoms with Gasteiger partial charge < -0.3 is 11.1 Å². The van der Waals surface area contributed by atoms with Crippen LogP contribution >= 0.6 is 0 Å². The molecule has 7 nitrogen and oxygen atoms in total. The molecule has 0 radical (unpaired) electrons. The molecule has 1 aromatic heterocycles. The van der Waals surface area contributed by atoms with Crippen LogP contribution in [0.15, 0.2) is 6.07 Å². The predicted molar refractivity (Wildman–Crippen MR) is 64.3 cm³/mol. The second-order valence-electron chi connectivity index (χ2n) is 3.95. The maximum atomic E-state index is 11.6. The third-order valence-corrected chi connectivity index (χ3v) is 3.07. The molecular weight excluding hydrogens is 244 g/mol. The van der Waals surface area contributed by atoms with Gasteiger partial charge >= 0.3 is 0 Å². The van der Waals surface area contributed by atoms with Crippen LogP contribution in [0.4, 0.5) is 5.82 Å². The van der Waals surface area contributed by atoms with E-state index in [9.17, 15) is 13.2 Å². The summed E-state index contributed by atoms with van der Waals surface area (Å²) in [6, 6.07) is 0.794. The number of hydrogen-bond donors (Lipinski definition) is 3. The first-order valence-electron chi connectivity index (χ1n) is 5.04. The highest BCUT2D eigenvalue weighted by Crippen LogP contribution is 2.05. The quantitative estimate of drug-likeness (QED) is 0.654. The molecule has 1 rings (SSSR count). The predicted octanol–water partition coefficient (Wildman–Crippen LogP) is -0.581. The van der Waals surface area contributed by atoms with Gasteiger partial charge in [0.1, 0.15) is 9.84 Å². The lowest BCUT2D eigenvalue weighted by Crippen LogP contribution is -2.37. The van der Waals surface area contributed by atoms with Crippen molar-refractivity contribution in [1.29, 1.82) is 0 Å². The Kier molecular flexibility index (Phi) is 4.24. The minimum Gasteiger partial charge on any atom is -0.320 e. The van der Waals surface area contributed by atoms with Crippen molar-refractivity contribution in [2.75, 3.05) is 17.3 Å². The highest BCUT2D eigenvalue weighted by atomic mass is 32.2. The fourth-order valence-electron chi connectivity index (χ4n) is 1.17. The molecule has 1 unspecified atom stereocenters. The van der Waals surface area contributed by atoms with Crippen molar-refractivity contribution < 1.29 is 13.2 Å². The number of amides is 1. The number of anilines is 1. The van der Waals surface area contributed by atoms with Gasteiger partial charge in [0.2, 0.25) is 5.91 Å². The fraction of sp³-hybridized carbons (Fsp3) is 0.556. The Morgan fingerprint density at radius 3 is 2.76 bits per heavy atom. The molecule has 1 heterocycles. The number of aromatic amines is 1. The lowest BCUT2D eigenvalue weighted by molar-refractivity contribution is -0.117. The Balaban J connectivity index is 2.47. The zero-order valence-electron chi connectivity index (χ0n) is 9.73. The number of H-pyrrole nitrogens is 1. The lowest BCUT2D eigenvalue weighted by Gasteiger charge is -2.09. The summed E-state index contributed by atoms with van der Waals surface area (Å²) in [4.78, 5) is 11.6. The van der Waals surface area contributed by atoms with E-state index in [0.29, 0.717) is 5.82 Å². The summed E-state index contributed by atoms with van der Waals surface area (Å²) in [5, 5.41) is 8.98. The van der Waals surface area contributed by atoms with Gasteiger partial charge in [0.05, 0.1) is 11.8 Å². The van der Waals surface area contributed by atoms with E-state index in [-0.39, 0.29) is 12.2 Å². The normalized spacial score (nSPS) is 13.4. The van der Waals surface area contributed by atoms with Gasteiger partial charge in [0.15, 0.2) is 5.82 Å². The fourth-order valence-corrected chi connectivity index (χ4v) is 1.86. The first-order valence-corrected chi connectivity index (χ1v) is 7.10. The van der Waals surface area contributed by atoms with Gasteiger partial charge in [-0.2, -0.15) is 5.10 Å². The molecule has 4 N–H and O–H groups in total. The van der Waals surface area contributed by atoms with Crippen LogP contribution in [0.5, 0.6) is 0 Å². The number of aromatic nitrogens is 2. The zero-order chi connectivity index (χ0) is 13.1. The van der Waals surface area contributed by atoms with E-state index in [1.165, 1.54) is 0 Å². The SMILES string of the molecule is Cc1cc(NC(=O)C(N)CCS(C)(=O)=O)n[nH]1. The van der Waals surface area contributed by atoms with Gasteiger partial charge in [0, 0.05) is 18.0 Å². The monoisotopic (exact) mass is 260 g/mol. The number of hydrogen-bond acceptors (Lipinski definition) is 5. The minimum atomic E-state index is -3.10. The van der Waals surface area contributed by atoms with Gasteiger partial charge in [-0.05, 0) is 13.3 Å². The smallest absolute Gasteiger partial charge is 0.242 e. The summed E-state index contributed by atoms with van der Waals surface area (Å²) in [7, 11) is -3.10. The highest BCUT2D eigenvalue weighted by Gasteiger charge is 2.16. The summed E-state index contributed by atoms with van der Waals surface area (Å²) in [6.45, 7) is 1.80. The van der Waals surface area contributed by atoms with Crippen molar-refractivity contribution in [1.82, 2.24) is 10.2 Å². The number of sulfone groups is 1. The Morgan fingerprint density at radius 2 is 2.29 bits per heavy atom. The first kappa shape index (κ1) is 13.7. The number of rotatable bonds is 5. The van der Waals surface area contributed by atoms with E-state index >= 15 is 0 Å². The van der Waals surface area contributed by atoms with Crippen LogP contribution in [0.25, 0.3) is 0 Å². The van der Waals surface area contributed by atoms with Crippen LogP contribution in [0.1, 0.15) is 12.1 Å². The van der Waals surface area contributed by atoms with Gasteiger partial charge in [0.25, 0.3) is 0 Å². The molecule has 17 heavy (non-hydrogen) atoms. The Labute approximate surface area is 99.7 Å². The number of nitrogens with zero attached hydrogens (tertiary/aromatic N) is 1. The molecule has 0 aliphatic carbocycles. The van der Waals surface area contributed by atoms with Crippen LogP contribution < -0.4 is 11.1 Å². The zero-order valence-corrected chi connectivity index (χ0v) is 10.5. The molecule has 0 saturated heterocycles. The Bertz CT molecular complexity index is 494. The maximum Gasteiger partial charge on any atom is 0.242 e. The molecule has 0 aromatic carbocycles. The molecule has 8 heteroatoms. The van der Waals surface area contributed by atoms with Gasteiger partial charge in [-0.3, -0.25) is 9.89 Å². The molecule has 96 valence electrons. The van der Waals surface area contributed by atoms with Crippen LogP contribution in [0.2, 0.25) is 0 Å². The van der Waals surface area contributed by atoms with E-state index in [4.69, 9.17) is 5.73 Å².